The molecule has 41 heavy (non-hydrogen) atoms. The van der Waals surface area contributed by atoms with Crippen LogP contribution in [-0.2, 0) is 14.2 Å². The molecule has 5 rings (SSSR count). The minimum Gasteiger partial charge on any atom is -0.496 e. The monoisotopic (exact) mass is 559 g/mol. The van der Waals surface area contributed by atoms with Gasteiger partial charge in [-0.1, -0.05) is 0 Å². The van der Waals surface area contributed by atoms with E-state index in [9.17, 15) is 10.1 Å². The SMILES string of the molecule is COCCOC1CN(C(=O)c2ccc(Nc3nccc(-c4ccc(OC5CCOCC5)c(C#N)c4)n3)cc2OC)C1. The van der Waals surface area contributed by atoms with Crippen LogP contribution >= 0.6 is 0 Å². The van der Waals surface area contributed by atoms with Crippen LogP contribution in [0.2, 0.25) is 0 Å². The topological polar surface area (TPSA) is 128 Å². The van der Waals surface area contributed by atoms with Gasteiger partial charge in [-0.05, 0) is 36.4 Å². The largest absolute Gasteiger partial charge is 0.496 e. The number of hydrogen-bond acceptors (Lipinski definition) is 10. The number of carbonyl (C=O) groups is 1. The average molecular weight is 560 g/mol. The van der Waals surface area contributed by atoms with Crippen molar-refractivity contribution in [3.8, 4) is 28.8 Å². The zero-order chi connectivity index (χ0) is 28.6. The van der Waals surface area contributed by atoms with E-state index in [2.05, 4.69) is 21.4 Å². The highest BCUT2D eigenvalue weighted by Crippen LogP contribution is 2.30. The van der Waals surface area contributed by atoms with Crippen LogP contribution in [0.1, 0.15) is 28.8 Å². The molecule has 11 heteroatoms. The second-order valence-electron chi connectivity index (χ2n) is 9.75. The van der Waals surface area contributed by atoms with Crippen LogP contribution in [0.15, 0.2) is 48.7 Å². The van der Waals surface area contributed by atoms with Gasteiger partial charge in [0.25, 0.3) is 5.91 Å². The first-order valence-electron chi connectivity index (χ1n) is 13.5. The van der Waals surface area contributed by atoms with Gasteiger partial charge in [0.15, 0.2) is 0 Å². The van der Waals surface area contributed by atoms with Crippen molar-refractivity contribution in [1.82, 2.24) is 14.9 Å². The van der Waals surface area contributed by atoms with Gasteiger partial charge in [0.05, 0.1) is 56.5 Å². The third-order valence-electron chi connectivity index (χ3n) is 6.98. The Balaban J connectivity index is 1.25. The number of anilines is 2. The van der Waals surface area contributed by atoms with Crippen LogP contribution in [0.5, 0.6) is 11.5 Å². The van der Waals surface area contributed by atoms with Crippen LogP contribution < -0.4 is 14.8 Å². The molecule has 0 spiro atoms. The molecule has 11 nitrogen and oxygen atoms in total. The fourth-order valence-corrected chi connectivity index (χ4v) is 4.69. The molecule has 1 N–H and O–H groups in total. The predicted molar refractivity (Wildman–Crippen MR) is 150 cm³/mol. The van der Waals surface area contributed by atoms with E-state index in [1.165, 1.54) is 7.11 Å². The predicted octanol–water partition coefficient (Wildman–Crippen LogP) is 3.81. The highest BCUT2D eigenvalue weighted by atomic mass is 16.5. The van der Waals surface area contributed by atoms with Crippen LogP contribution in [0, 0.1) is 11.3 Å². The maximum absolute atomic E-state index is 13.0. The molecule has 2 saturated heterocycles. The molecule has 0 radical (unpaired) electrons. The van der Waals surface area contributed by atoms with E-state index < -0.39 is 0 Å². The smallest absolute Gasteiger partial charge is 0.257 e. The van der Waals surface area contributed by atoms with Crippen molar-refractivity contribution in [3.05, 3.63) is 59.8 Å². The molecule has 1 aromatic heterocycles. The summed E-state index contributed by atoms with van der Waals surface area (Å²) in [5, 5.41) is 12.9. The first-order chi connectivity index (χ1) is 20.1. The van der Waals surface area contributed by atoms with Crippen molar-refractivity contribution >= 4 is 17.5 Å². The Bertz CT molecular complexity index is 1400. The summed E-state index contributed by atoms with van der Waals surface area (Å²) in [6, 6.07) is 14.7. The fourth-order valence-electron chi connectivity index (χ4n) is 4.69. The summed E-state index contributed by atoms with van der Waals surface area (Å²) >= 11 is 0. The number of hydrogen-bond donors (Lipinski definition) is 1. The molecule has 0 atom stereocenters. The molecular formula is C30H33N5O6. The lowest BCUT2D eigenvalue weighted by Crippen LogP contribution is -2.55. The van der Waals surface area contributed by atoms with Crippen LogP contribution in [0.4, 0.5) is 11.6 Å². The van der Waals surface area contributed by atoms with E-state index in [1.54, 1.807) is 48.5 Å². The van der Waals surface area contributed by atoms with Gasteiger partial charge in [-0.15, -0.1) is 0 Å². The molecular weight excluding hydrogens is 526 g/mol. The van der Waals surface area contributed by atoms with Crippen LogP contribution in [0.3, 0.4) is 0 Å². The lowest BCUT2D eigenvalue weighted by atomic mass is 10.1. The van der Waals surface area contributed by atoms with Gasteiger partial charge in [-0.25, -0.2) is 9.97 Å². The van der Waals surface area contributed by atoms with E-state index in [4.69, 9.17) is 23.7 Å². The van der Waals surface area contributed by atoms with Gasteiger partial charge < -0.3 is 33.9 Å². The number of benzene rings is 2. The zero-order valence-corrected chi connectivity index (χ0v) is 23.2. The van der Waals surface area contributed by atoms with Crippen molar-refractivity contribution in [1.29, 1.82) is 5.26 Å². The Kier molecular flexibility index (Phi) is 9.26. The summed E-state index contributed by atoms with van der Waals surface area (Å²) in [5.41, 5.74) is 2.99. The molecule has 1 amide bonds. The van der Waals surface area contributed by atoms with E-state index >= 15 is 0 Å². The minimum absolute atomic E-state index is 0.0189. The quantitative estimate of drug-likeness (QED) is 0.346. The van der Waals surface area contributed by atoms with Gasteiger partial charge in [0, 0.05) is 56.6 Å². The van der Waals surface area contributed by atoms with Crippen molar-refractivity contribution in [2.75, 3.05) is 59.1 Å². The standard InChI is InChI=1S/C30H33N5O6/c1-37-13-14-40-24-18-35(19-24)29(36)25-5-4-22(16-28(25)38-2)33-30-32-10-7-26(34-30)20-3-6-27(21(15-20)17-31)41-23-8-11-39-12-9-23/h3-7,10,15-16,23-24H,8-9,11-14,18-19H2,1-2H3,(H,32,33,34). The number of aromatic nitrogens is 2. The Morgan fingerprint density at radius 1 is 1.07 bits per heavy atom. The van der Waals surface area contributed by atoms with E-state index in [1.807, 2.05) is 12.1 Å². The number of rotatable bonds is 11. The van der Waals surface area contributed by atoms with Crippen molar-refractivity contribution in [2.24, 2.45) is 0 Å². The van der Waals surface area contributed by atoms with Gasteiger partial charge >= 0.3 is 0 Å². The van der Waals surface area contributed by atoms with E-state index in [0.717, 1.165) is 18.4 Å². The maximum atomic E-state index is 13.0. The molecule has 0 aliphatic carbocycles. The number of carbonyl (C=O) groups excluding carboxylic acids is 1. The molecule has 0 bridgehead atoms. The summed E-state index contributed by atoms with van der Waals surface area (Å²) in [6.07, 6.45) is 3.31. The molecule has 2 aliphatic heterocycles. The summed E-state index contributed by atoms with van der Waals surface area (Å²) < 4.78 is 27.7. The van der Waals surface area contributed by atoms with Gasteiger partial charge in [0.2, 0.25) is 5.95 Å². The fraction of sp³-hybridized carbons (Fsp3) is 0.400. The van der Waals surface area contributed by atoms with Crippen LogP contribution in [-0.4, -0.2) is 86.7 Å². The third kappa shape index (κ3) is 6.92. The molecule has 3 aromatic rings. The first-order valence-corrected chi connectivity index (χ1v) is 13.5. The van der Waals surface area contributed by atoms with E-state index in [0.29, 0.717) is 79.5 Å². The Morgan fingerprint density at radius 2 is 1.90 bits per heavy atom. The normalized spacial score (nSPS) is 15.6. The van der Waals surface area contributed by atoms with Crippen molar-refractivity contribution in [2.45, 2.75) is 25.0 Å². The molecule has 0 unspecified atom stereocenters. The average Bonchev–Trinajstić information content (AvgIpc) is 2.99. The molecule has 0 saturated carbocycles. The van der Waals surface area contributed by atoms with Crippen LogP contribution in [0.25, 0.3) is 11.3 Å². The Labute approximate surface area is 239 Å². The molecule has 3 heterocycles. The number of nitrogens with one attached hydrogen (secondary N) is 1. The number of nitrogens with zero attached hydrogens (tertiary/aromatic N) is 4. The second kappa shape index (κ2) is 13.4. The second-order valence-corrected chi connectivity index (χ2v) is 9.75. The summed E-state index contributed by atoms with van der Waals surface area (Å²) in [7, 11) is 3.16. The highest BCUT2D eigenvalue weighted by molar-refractivity contribution is 5.98. The molecule has 2 aliphatic rings. The third-order valence-corrected chi connectivity index (χ3v) is 6.98. The van der Waals surface area contributed by atoms with Gasteiger partial charge in [-0.3, -0.25) is 4.79 Å². The maximum Gasteiger partial charge on any atom is 0.257 e. The molecule has 2 fully saturated rings. The summed E-state index contributed by atoms with van der Waals surface area (Å²) in [6.45, 7) is 3.42. The van der Waals surface area contributed by atoms with Gasteiger partial charge in [0.1, 0.15) is 23.7 Å². The number of methoxy groups -OCH3 is 2. The summed E-state index contributed by atoms with van der Waals surface area (Å²) in [5.74, 6) is 1.25. The Morgan fingerprint density at radius 3 is 2.66 bits per heavy atom. The number of amides is 1. The number of ether oxygens (including phenoxy) is 5. The summed E-state index contributed by atoms with van der Waals surface area (Å²) in [4.78, 5) is 23.7. The lowest BCUT2D eigenvalue weighted by molar-refractivity contribution is -0.0555. The Hall–Kier alpha value is -4.24. The number of likely N-dealkylation sites (tertiary alicyclic amines) is 1. The van der Waals surface area contributed by atoms with Gasteiger partial charge in [-0.2, -0.15) is 5.26 Å². The molecule has 2 aromatic carbocycles. The van der Waals surface area contributed by atoms with Crippen molar-refractivity contribution in [3.63, 3.8) is 0 Å². The lowest BCUT2D eigenvalue weighted by Gasteiger charge is -2.39. The minimum atomic E-state index is -0.115. The first kappa shape index (κ1) is 28.3. The molecule has 214 valence electrons. The zero-order valence-electron chi connectivity index (χ0n) is 23.2. The van der Waals surface area contributed by atoms with Crippen molar-refractivity contribution < 1.29 is 28.5 Å². The van der Waals surface area contributed by atoms with E-state index in [-0.39, 0.29) is 18.1 Å². The number of nitriles is 1. The highest BCUT2D eigenvalue weighted by Gasteiger charge is 2.33.